The smallest absolute Gasteiger partial charge is 0.407 e. The van der Waals surface area contributed by atoms with Crippen molar-refractivity contribution in [2.75, 3.05) is 13.1 Å². The fourth-order valence-electron chi connectivity index (χ4n) is 1.89. The number of hydrogen-bond acceptors (Lipinski definition) is 1. The van der Waals surface area contributed by atoms with Crippen LogP contribution in [0.3, 0.4) is 0 Å². The third-order valence-electron chi connectivity index (χ3n) is 3.04. The van der Waals surface area contributed by atoms with Gasteiger partial charge in [0.2, 0.25) is 0 Å². The monoisotopic (exact) mass is 241 g/mol. The molecule has 1 aromatic carbocycles. The highest BCUT2D eigenvalue weighted by molar-refractivity contribution is 5.66. The molecule has 1 amide bonds. The van der Waals surface area contributed by atoms with Gasteiger partial charge in [0.05, 0.1) is 0 Å². The summed E-state index contributed by atoms with van der Waals surface area (Å²) in [6.45, 7) is 1.74. The molecule has 2 rings (SSSR count). The summed E-state index contributed by atoms with van der Waals surface area (Å²) < 4.78 is 25.9. The SMILES string of the molecule is CC(F)(F)c1ccc(C2CN(C(=O)O)C2)cc1. The topological polar surface area (TPSA) is 40.5 Å². The summed E-state index contributed by atoms with van der Waals surface area (Å²) >= 11 is 0. The number of rotatable bonds is 2. The van der Waals surface area contributed by atoms with E-state index < -0.39 is 12.0 Å². The third kappa shape index (κ3) is 2.38. The van der Waals surface area contributed by atoms with Gasteiger partial charge in [-0.3, -0.25) is 0 Å². The highest BCUT2D eigenvalue weighted by Crippen LogP contribution is 2.31. The molecule has 92 valence electrons. The van der Waals surface area contributed by atoms with Gasteiger partial charge in [0.25, 0.3) is 5.92 Å². The van der Waals surface area contributed by atoms with Crippen LogP contribution in [0.15, 0.2) is 24.3 Å². The number of halogens is 2. The third-order valence-corrected chi connectivity index (χ3v) is 3.04. The quantitative estimate of drug-likeness (QED) is 0.864. The maximum atomic E-state index is 13.0. The van der Waals surface area contributed by atoms with Gasteiger partial charge in [-0.25, -0.2) is 13.6 Å². The molecule has 0 aromatic heterocycles. The second-order valence-corrected chi connectivity index (χ2v) is 4.39. The summed E-state index contributed by atoms with van der Waals surface area (Å²) in [7, 11) is 0. The van der Waals surface area contributed by atoms with Gasteiger partial charge in [0, 0.05) is 31.5 Å². The van der Waals surface area contributed by atoms with Crippen molar-refractivity contribution in [3.63, 3.8) is 0 Å². The number of benzene rings is 1. The van der Waals surface area contributed by atoms with Gasteiger partial charge in [0.15, 0.2) is 0 Å². The second-order valence-electron chi connectivity index (χ2n) is 4.39. The minimum absolute atomic E-state index is 0.0179. The Kier molecular flexibility index (Phi) is 2.77. The lowest BCUT2D eigenvalue weighted by molar-refractivity contribution is 0.0174. The van der Waals surface area contributed by atoms with Crippen LogP contribution in [-0.2, 0) is 5.92 Å². The van der Waals surface area contributed by atoms with Crippen molar-refractivity contribution in [2.45, 2.75) is 18.8 Å². The fourth-order valence-corrected chi connectivity index (χ4v) is 1.89. The lowest BCUT2D eigenvalue weighted by Crippen LogP contribution is -2.47. The summed E-state index contributed by atoms with van der Waals surface area (Å²) in [4.78, 5) is 11.9. The van der Waals surface area contributed by atoms with Gasteiger partial charge in [0.1, 0.15) is 0 Å². The van der Waals surface area contributed by atoms with Crippen molar-refractivity contribution in [1.29, 1.82) is 0 Å². The molecular weight excluding hydrogens is 228 g/mol. The van der Waals surface area contributed by atoms with Crippen LogP contribution in [0.5, 0.6) is 0 Å². The Morgan fingerprint density at radius 1 is 1.35 bits per heavy atom. The Morgan fingerprint density at radius 2 is 1.88 bits per heavy atom. The molecule has 0 radical (unpaired) electrons. The average molecular weight is 241 g/mol. The number of likely N-dealkylation sites (tertiary alicyclic amines) is 1. The molecular formula is C12H13F2NO2. The summed E-state index contributed by atoms with van der Waals surface area (Å²) in [5.74, 6) is -2.70. The predicted molar refractivity (Wildman–Crippen MR) is 58.3 cm³/mol. The number of carbonyl (C=O) groups is 1. The van der Waals surface area contributed by atoms with Gasteiger partial charge in [-0.05, 0) is 5.56 Å². The summed E-state index contributed by atoms with van der Waals surface area (Å²) in [6.07, 6.45) is -0.932. The highest BCUT2D eigenvalue weighted by atomic mass is 19.3. The average Bonchev–Trinajstić information content (AvgIpc) is 2.14. The van der Waals surface area contributed by atoms with Gasteiger partial charge < -0.3 is 10.0 Å². The van der Waals surface area contributed by atoms with E-state index in [0.29, 0.717) is 13.1 Å². The number of carboxylic acid groups (broad SMARTS) is 1. The van der Waals surface area contributed by atoms with Crippen LogP contribution in [0.25, 0.3) is 0 Å². The number of alkyl halides is 2. The number of hydrogen-bond donors (Lipinski definition) is 1. The molecule has 0 aliphatic carbocycles. The van der Waals surface area contributed by atoms with Crippen molar-refractivity contribution in [1.82, 2.24) is 4.90 Å². The zero-order chi connectivity index (χ0) is 12.6. The van der Waals surface area contributed by atoms with E-state index in [2.05, 4.69) is 0 Å². The van der Waals surface area contributed by atoms with Gasteiger partial charge in [-0.2, -0.15) is 0 Å². The molecule has 17 heavy (non-hydrogen) atoms. The van der Waals surface area contributed by atoms with E-state index in [9.17, 15) is 13.6 Å². The Balaban J connectivity index is 2.03. The van der Waals surface area contributed by atoms with E-state index in [0.717, 1.165) is 12.5 Å². The largest absolute Gasteiger partial charge is 0.465 e. The Labute approximate surface area is 97.7 Å². The molecule has 0 unspecified atom stereocenters. The molecule has 1 fully saturated rings. The molecule has 0 bridgehead atoms. The van der Waals surface area contributed by atoms with E-state index >= 15 is 0 Å². The first-order valence-corrected chi connectivity index (χ1v) is 5.34. The molecule has 1 N–H and O–H groups in total. The summed E-state index contributed by atoms with van der Waals surface area (Å²) in [5, 5.41) is 8.68. The van der Waals surface area contributed by atoms with E-state index in [-0.39, 0.29) is 11.5 Å². The predicted octanol–water partition coefficient (Wildman–Crippen LogP) is 2.88. The summed E-state index contributed by atoms with van der Waals surface area (Å²) in [6, 6.07) is 6.10. The molecule has 1 aromatic rings. The van der Waals surface area contributed by atoms with Crippen LogP contribution < -0.4 is 0 Å². The Morgan fingerprint density at radius 3 is 2.29 bits per heavy atom. The number of amides is 1. The lowest BCUT2D eigenvalue weighted by atomic mass is 9.91. The van der Waals surface area contributed by atoms with E-state index in [4.69, 9.17) is 5.11 Å². The van der Waals surface area contributed by atoms with Gasteiger partial charge >= 0.3 is 6.09 Å². The van der Waals surface area contributed by atoms with E-state index in [1.54, 1.807) is 12.1 Å². The first kappa shape index (κ1) is 11.8. The normalized spacial score (nSPS) is 16.8. The van der Waals surface area contributed by atoms with Crippen LogP contribution in [0.1, 0.15) is 24.0 Å². The highest BCUT2D eigenvalue weighted by Gasteiger charge is 2.32. The van der Waals surface area contributed by atoms with Gasteiger partial charge in [-0.1, -0.05) is 24.3 Å². The van der Waals surface area contributed by atoms with Crippen LogP contribution in [0, 0.1) is 0 Å². The molecule has 1 heterocycles. The van der Waals surface area contributed by atoms with Crippen LogP contribution in [0.2, 0.25) is 0 Å². The second kappa shape index (κ2) is 3.98. The van der Waals surface area contributed by atoms with Crippen molar-refractivity contribution < 1.29 is 18.7 Å². The molecule has 3 nitrogen and oxygen atoms in total. The Bertz CT molecular complexity index is 419. The van der Waals surface area contributed by atoms with Gasteiger partial charge in [-0.15, -0.1) is 0 Å². The summed E-state index contributed by atoms with van der Waals surface area (Å²) in [5.41, 5.74) is 0.895. The minimum Gasteiger partial charge on any atom is -0.465 e. The molecule has 0 atom stereocenters. The van der Waals surface area contributed by atoms with Crippen molar-refractivity contribution in [2.24, 2.45) is 0 Å². The maximum absolute atomic E-state index is 13.0. The molecule has 1 aliphatic rings. The zero-order valence-electron chi connectivity index (χ0n) is 9.36. The van der Waals surface area contributed by atoms with Crippen LogP contribution in [-0.4, -0.2) is 29.2 Å². The lowest BCUT2D eigenvalue weighted by Gasteiger charge is -2.37. The van der Waals surface area contributed by atoms with Crippen molar-refractivity contribution >= 4 is 6.09 Å². The van der Waals surface area contributed by atoms with Crippen molar-refractivity contribution in [3.05, 3.63) is 35.4 Å². The fraction of sp³-hybridized carbons (Fsp3) is 0.417. The molecule has 1 aliphatic heterocycles. The molecule has 5 heteroatoms. The van der Waals surface area contributed by atoms with Crippen LogP contribution >= 0.6 is 0 Å². The van der Waals surface area contributed by atoms with E-state index in [1.807, 2.05) is 0 Å². The Hall–Kier alpha value is -1.65. The first-order valence-electron chi connectivity index (χ1n) is 5.34. The molecule has 0 spiro atoms. The number of nitrogens with zero attached hydrogens (tertiary/aromatic N) is 1. The standard InChI is InChI=1S/C12H13F2NO2/c1-12(13,14)10-4-2-8(3-5-10)9-6-15(7-9)11(16)17/h2-5,9H,6-7H2,1H3,(H,16,17). The molecule has 0 saturated carbocycles. The van der Waals surface area contributed by atoms with Crippen LogP contribution in [0.4, 0.5) is 13.6 Å². The first-order chi connectivity index (χ1) is 7.88. The molecule has 1 saturated heterocycles. The zero-order valence-corrected chi connectivity index (χ0v) is 9.36. The van der Waals surface area contributed by atoms with Crippen molar-refractivity contribution in [3.8, 4) is 0 Å². The maximum Gasteiger partial charge on any atom is 0.407 e. The van der Waals surface area contributed by atoms with E-state index in [1.165, 1.54) is 17.0 Å². The minimum atomic E-state index is -2.83.